The summed E-state index contributed by atoms with van der Waals surface area (Å²) in [7, 11) is 0. The molecule has 0 amide bonds. The van der Waals surface area contributed by atoms with Crippen LogP contribution in [0.3, 0.4) is 0 Å². The molecule has 0 bridgehead atoms. The van der Waals surface area contributed by atoms with Crippen LogP contribution in [-0.2, 0) is 29.2 Å². The number of rotatable bonds is 7. The van der Waals surface area contributed by atoms with Gasteiger partial charge in [0.15, 0.2) is 0 Å². The van der Waals surface area contributed by atoms with Gasteiger partial charge in [0.2, 0.25) is 5.79 Å². The molecule has 36 heavy (non-hydrogen) atoms. The van der Waals surface area contributed by atoms with Crippen LogP contribution in [0.15, 0.2) is 43.0 Å². The van der Waals surface area contributed by atoms with Crippen molar-refractivity contribution in [2.45, 2.75) is 76.2 Å². The summed E-state index contributed by atoms with van der Waals surface area (Å²) in [6.07, 6.45) is 3.54. The standard InChI is InChI=1S/C28H37NO7/c1-5-9-20-22(30)17-28(34-14-15-35-28)25(29(32)33)24(20)26(31)36-23-16-18(2)12-13-21(23)27(3,4)19-10-7-6-8-11-19/h5-8,10-11,18,20-21,23-25H,1,9,12-17H2,2-4H3/t18-,20-,21-,23-,24-,25+/m1/s1. The molecule has 1 aromatic carbocycles. The van der Waals surface area contributed by atoms with Crippen LogP contribution in [0.25, 0.3) is 0 Å². The summed E-state index contributed by atoms with van der Waals surface area (Å²) < 4.78 is 17.5. The van der Waals surface area contributed by atoms with Gasteiger partial charge in [-0.25, -0.2) is 0 Å². The molecule has 8 heteroatoms. The maximum atomic E-state index is 13.8. The molecule has 0 N–H and O–H groups in total. The van der Waals surface area contributed by atoms with Crippen LogP contribution in [0, 0.1) is 33.8 Å². The molecular weight excluding hydrogens is 462 g/mol. The lowest BCUT2D eigenvalue weighted by atomic mass is 9.64. The van der Waals surface area contributed by atoms with E-state index in [9.17, 15) is 19.7 Å². The molecule has 1 heterocycles. The van der Waals surface area contributed by atoms with Crippen LogP contribution in [0.2, 0.25) is 0 Å². The Labute approximate surface area is 212 Å². The summed E-state index contributed by atoms with van der Waals surface area (Å²) in [6, 6.07) is 8.60. The van der Waals surface area contributed by atoms with Gasteiger partial charge in [-0.1, -0.05) is 63.6 Å². The van der Waals surface area contributed by atoms with Gasteiger partial charge in [-0.15, -0.1) is 6.58 Å². The zero-order chi connectivity index (χ0) is 26.1. The first kappa shape index (κ1) is 26.5. The lowest BCUT2D eigenvalue weighted by Crippen LogP contribution is -2.62. The third-order valence-corrected chi connectivity index (χ3v) is 8.52. The minimum atomic E-state index is -1.73. The van der Waals surface area contributed by atoms with Crippen molar-refractivity contribution in [3.63, 3.8) is 0 Å². The summed E-state index contributed by atoms with van der Waals surface area (Å²) in [6.45, 7) is 10.4. The maximum absolute atomic E-state index is 13.8. The third kappa shape index (κ3) is 4.85. The Kier molecular flexibility index (Phi) is 7.67. The number of carbonyl (C=O) groups excluding carboxylic acids is 2. The number of nitrogens with zero attached hydrogens (tertiary/aromatic N) is 1. The second-order valence-electron chi connectivity index (χ2n) is 11.1. The molecule has 1 aliphatic heterocycles. The van der Waals surface area contributed by atoms with Crippen molar-refractivity contribution in [2.75, 3.05) is 13.2 Å². The number of esters is 1. The van der Waals surface area contributed by atoms with Gasteiger partial charge in [-0.05, 0) is 36.2 Å². The normalized spacial score (nSPS) is 32.2. The van der Waals surface area contributed by atoms with Crippen LogP contribution in [0.1, 0.15) is 58.4 Å². The zero-order valence-corrected chi connectivity index (χ0v) is 21.4. The summed E-state index contributed by atoms with van der Waals surface area (Å²) in [5.74, 6) is -4.58. The SMILES string of the molecule is C=CC[C@@H]1C(=O)CC2(OCCO2)[C@@H]([N+](=O)[O-])[C@@H]1C(=O)O[C@@H]1C[C@H](C)CC[C@H]1C(C)(C)c1ccccc1. The summed E-state index contributed by atoms with van der Waals surface area (Å²) in [4.78, 5) is 38.8. The number of ether oxygens (including phenoxy) is 3. The third-order valence-electron chi connectivity index (χ3n) is 8.52. The van der Waals surface area contributed by atoms with Crippen LogP contribution < -0.4 is 0 Å². The molecule has 1 spiro atoms. The first-order valence-corrected chi connectivity index (χ1v) is 12.9. The Morgan fingerprint density at radius 2 is 1.92 bits per heavy atom. The van der Waals surface area contributed by atoms with E-state index in [2.05, 4.69) is 39.5 Å². The van der Waals surface area contributed by atoms with Gasteiger partial charge in [-0.3, -0.25) is 19.7 Å². The molecule has 3 fully saturated rings. The Hall–Kier alpha value is -2.58. The van der Waals surface area contributed by atoms with Gasteiger partial charge in [0.25, 0.3) is 6.04 Å². The van der Waals surface area contributed by atoms with Crippen molar-refractivity contribution in [1.82, 2.24) is 0 Å². The average Bonchev–Trinajstić information content (AvgIpc) is 3.29. The minimum absolute atomic E-state index is 0.0270. The first-order chi connectivity index (χ1) is 17.1. The molecule has 1 saturated heterocycles. The predicted molar refractivity (Wildman–Crippen MR) is 133 cm³/mol. The lowest BCUT2D eigenvalue weighted by Gasteiger charge is -2.45. The fourth-order valence-corrected chi connectivity index (χ4v) is 6.55. The molecule has 0 unspecified atom stereocenters. The van der Waals surface area contributed by atoms with Crippen LogP contribution in [0.4, 0.5) is 0 Å². The highest BCUT2D eigenvalue weighted by Crippen LogP contribution is 2.46. The number of carbonyl (C=O) groups is 2. The van der Waals surface area contributed by atoms with Gasteiger partial charge in [0.1, 0.15) is 17.8 Å². The molecule has 8 nitrogen and oxygen atoms in total. The second kappa shape index (κ2) is 10.4. The Balaban J connectivity index is 1.67. The van der Waals surface area contributed by atoms with E-state index in [0.717, 1.165) is 18.4 Å². The maximum Gasteiger partial charge on any atom is 0.317 e. The number of Topliss-reactive ketones (excluding diaryl/α,β-unsaturated/α-hetero) is 1. The fraction of sp³-hybridized carbons (Fsp3) is 0.643. The van der Waals surface area contributed by atoms with E-state index in [-0.39, 0.29) is 43.2 Å². The fourth-order valence-electron chi connectivity index (χ4n) is 6.55. The highest BCUT2D eigenvalue weighted by Gasteiger charge is 2.66. The van der Waals surface area contributed by atoms with E-state index >= 15 is 0 Å². The van der Waals surface area contributed by atoms with Crippen molar-refractivity contribution < 1.29 is 28.7 Å². The molecule has 6 atom stereocenters. The van der Waals surface area contributed by atoms with Gasteiger partial charge in [0, 0.05) is 16.8 Å². The second-order valence-corrected chi connectivity index (χ2v) is 11.1. The van der Waals surface area contributed by atoms with Gasteiger partial charge >= 0.3 is 5.97 Å². The highest BCUT2D eigenvalue weighted by molar-refractivity contribution is 5.90. The van der Waals surface area contributed by atoms with Crippen LogP contribution >= 0.6 is 0 Å². The number of allylic oxidation sites excluding steroid dienone is 1. The number of ketones is 1. The van der Waals surface area contributed by atoms with E-state index in [1.807, 2.05) is 18.2 Å². The largest absolute Gasteiger partial charge is 0.462 e. The van der Waals surface area contributed by atoms with E-state index < -0.39 is 40.7 Å². The van der Waals surface area contributed by atoms with Crippen molar-refractivity contribution in [1.29, 1.82) is 0 Å². The zero-order valence-electron chi connectivity index (χ0n) is 21.4. The molecule has 0 radical (unpaired) electrons. The highest BCUT2D eigenvalue weighted by atomic mass is 16.7. The minimum Gasteiger partial charge on any atom is -0.462 e. The van der Waals surface area contributed by atoms with E-state index in [0.29, 0.717) is 12.3 Å². The van der Waals surface area contributed by atoms with E-state index in [1.165, 1.54) is 6.08 Å². The lowest BCUT2D eigenvalue weighted by molar-refractivity contribution is -0.572. The summed E-state index contributed by atoms with van der Waals surface area (Å²) >= 11 is 0. The summed E-state index contributed by atoms with van der Waals surface area (Å²) in [5.41, 5.74) is 0.870. The first-order valence-electron chi connectivity index (χ1n) is 12.9. The molecule has 4 rings (SSSR count). The molecular formula is C28H37NO7. The van der Waals surface area contributed by atoms with Crippen molar-refractivity contribution >= 4 is 11.8 Å². The molecule has 196 valence electrons. The monoisotopic (exact) mass is 499 g/mol. The number of nitro groups is 1. The molecule has 0 aromatic heterocycles. The molecule has 2 aliphatic carbocycles. The summed E-state index contributed by atoms with van der Waals surface area (Å²) in [5, 5.41) is 12.3. The van der Waals surface area contributed by atoms with Gasteiger partial charge in [0.05, 0.1) is 19.6 Å². The van der Waals surface area contributed by atoms with Crippen molar-refractivity contribution in [3.8, 4) is 0 Å². The quantitative estimate of drug-likeness (QED) is 0.236. The van der Waals surface area contributed by atoms with E-state index in [1.54, 1.807) is 0 Å². The number of hydrogen-bond acceptors (Lipinski definition) is 7. The van der Waals surface area contributed by atoms with Gasteiger partial charge < -0.3 is 14.2 Å². The van der Waals surface area contributed by atoms with Crippen molar-refractivity contribution in [3.05, 3.63) is 58.7 Å². The van der Waals surface area contributed by atoms with E-state index in [4.69, 9.17) is 14.2 Å². The van der Waals surface area contributed by atoms with Crippen LogP contribution in [0.5, 0.6) is 0 Å². The Morgan fingerprint density at radius 3 is 2.53 bits per heavy atom. The molecule has 1 aromatic rings. The smallest absolute Gasteiger partial charge is 0.317 e. The average molecular weight is 500 g/mol. The Morgan fingerprint density at radius 1 is 1.25 bits per heavy atom. The molecule has 3 aliphatic rings. The van der Waals surface area contributed by atoms with Crippen molar-refractivity contribution in [2.24, 2.45) is 23.7 Å². The van der Waals surface area contributed by atoms with Gasteiger partial charge in [-0.2, -0.15) is 0 Å². The Bertz CT molecular complexity index is 985. The topological polar surface area (TPSA) is 105 Å². The predicted octanol–water partition coefficient (Wildman–Crippen LogP) is 4.48. The molecule has 2 saturated carbocycles. The number of hydrogen-bond donors (Lipinski definition) is 0. The van der Waals surface area contributed by atoms with Crippen LogP contribution in [-0.4, -0.2) is 47.8 Å². The number of benzene rings is 1.